The van der Waals surface area contributed by atoms with Crippen LogP contribution in [0.2, 0.25) is 0 Å². The summed E-state index contributed by atoms with van der Waals surface area (Å²) in [6, 6.07) is 5.33. The van der Waals surface area contributed by atoms with E-state index in [4.69, 9.17) is 0 Å². The van der Waals surface area contributed by atoms with Gasteiger partial charge in [-0.05, 0) is 30.0 Å². The Morgan fingerprint density at radius 2 is 1.90 bits per heavy atom. The van der Waals surface area contributed by atoms with Gasteiger partial charge in [0.05, 0.1) is 0 Å². The second kappa shape index (κ2) is 7.07. The minimum Gasteiger partial charge on any atom is -0.374 e. The first-order valence-corrected chi connectivity index (χ1v) is 7.40. The van der Waals surface area contributed by atoms with Crippen molar-refractivity contribution in [3.63, 3.8) is 0 Å². The Balaban J connectivity index is 2.87. The molecule has 1 aromatic rings. The molecule has 1 aromatic carbocycles. The molecule has 0 aliphatic rings. The molecular formula is C17H29FN2. The van der Waals surface area contributed by atoms with Crippen molar-refractivity contribution in [3.8, 4) is 0 Å². The average Bonchev–Trinajstić information content (AvgIpc) is 2.28. The maximum atomic E-state index is 14.1. The molecule has 0 bridgehead atoms. The van der Waals surface area contributed by atoms with Gasteiger partial charge in [-0.15, -0.1) is 0 Å². The van der Waals surface area contributed by atoms with Crippen LogP contribution in [0.1, 0.15) is 40.2 Å². The van der Waals surface area contributed by atoms with Gasteiger partial charge in [0.2, 0.25) is 0 Å². The second-order valence-electron chi connectivity index (χ2n) is 7.18. The molecular weight excluding hydrogens is 251 g/mol. The van der Waals surface area contributed by atoms with E-state index in [0.29, 0.717) is 12.5 Å². The molecule has 0 saturated carbocycles. The lowest BCUT2D eigenvalue weighted by molar-refractivity contribution is 0.418. The molecule has 0 aromatic heterocycles. The van der Waals surface area contributed by atoms with E-state index in [9.17, 15) is 4.39 Å². The van der Waals surface area contributed by atoms with Crippen molar-refractivity contribution in [1.82, 2.24) is 5.32 Å². The number of rotatable bonds is 6. The molecule has 114 valence electrons. The van der Waals surface area contributed by atoms with E-state index in [1.165, 1.54) is 0 Å². The van der Waals surface area contributed by atoms with E-state index < -0.39 is 0 Å². The van der Waals surface area contributed by atoms with Crippen LogP contribution in [-0.2, 0) is 6.54 Å². The first-order chi connectivity index (χ1) is 9.20. The Kier molecular flexibility index (Phi) is 6.00. The number of nitrogens with zero attached hydrogens (tertiary/aromatic N) is 1. The Morgan fingerprint density at radius 3 is 2.45 bits per heavy atom. The van der Waals surface area contributed by atoms with Crippen LogP contribution in [0.15, 0.2) is 18.2 Å². The van der Waals surface area contributed by atoms with Gasteiger partial charge < -0.3 is 10.2 Å². The van der Waals surface area contributed by atoms with Gasteiger partial charge in [-0.1, -0.05) is 40.7 Å². The van der Waals surface area contributed by atoms with Crippen LogP contribution in [0.3, 0.4) is 0 Å². The van der Waals surface area contributed by atoms with E-state index >= 15 is 0 Å². The fourth-order valence-electron chi connectivity index (χ4n) is 2.36. The van der Waals surface area contributed by atoms with Crippen molar-refractivity contribution in [2.75, 3.05) is 25.0 Å². The lowest BCUT2D eigenvalue weighted by atomic mass is 9.95. The first-order valence-electron chi connectivity index (χ1n) is 7.40. The zero-order chi connectivity index (χ0) is 15.3. The maximum Gasteiger partial charge on any atom is 0.129 e. The molecule has 0 atom stereocenters. The monoisotopic (exact) mass is 280 g/mol. The standard InChI is InChI=1S/C17H29FN2/c1-13(2)10-19-11-14-15(18)8-7-9-16(14)20(6)12-17(3,4)5/h7-9,13,19H,10-12H2,1-6H3. The van der Waals surface area contributed by atoms with Crippen LogP contribution < -0.4 is 10.2 Å². The molecule has 1 N–H and O–H groups in total. The third-order valence-electron chi connectivity index (χ3n) is 3.07. The molecule has 0 saturated heterocycles. The topological polar surface area (TPSA) is 15.3 Å². The fourth-order valence-corrected chi connectivity index (χ4v) is 2.36. The largest absolute Gasteiger partial charge is 0.374 e. The molecule has 0 heterocycles. The molecule has 0 radical (unpaired) electrons. The number of benzene rings is 1. The maximum absolute atomic E-state index is 14.1. The van der Waals surface area contributed by atoms with Gasteiger partial charge in [0.15, 0.2) is 0 Å². The zero-order valence-electron chi connectivity index (χ0n) is 13.8. The smallest absolute Gasteiger partial charge is 0.129 e. The van der Waals surface area contributed by atoms with Crippen molar-refractivity contribution < 1.29 is 4.39 Å². The van der Waals surface area contributed by atoms with E-state index in [1.807, 2.05) is 13.1 Å². The van der Waals surface area contributed by atoms with Crippen LogP contribution in [0.25, 0.3) is 0 Å². The molecule has 0 aliphatic heterocycles. The van der Waals surface area contributed by atoms with Crippen LogP contribution in [0.5, 0.6) is 0 Å². The van der Waals surface area contributed by atoms with Crippen LogP contribution in [0.4, 0.5) is 10.1 Å². The summed E-state index contributed by atoms with van der Waals surface area (Å²) in [5, 5.41) is 3.33. The highest BCUT2D eigenvalue weighted by atomic mass is 19.1. The zero-order valence-corrected chi connectivity index (χ0v) is 13.8. The summed E-state index contributed by atoms with van der Waals surface area (Å²) < 4.78 is 14.1. The van der Waals surface area contributed by atoms with Gasteiger partial charge in [0.1, 0.15) is 5.82 Å². The minimum atomic E-state index is -0.125. The van der Waals surface area contributed by atoms with E-state index in [-0.39, 0.29) is 11.2 Å². The molecule has 0 fully saturated rings. The van der Waals surface area contributed by atoms with E-state index in [1.54, 1.807) is 12.1 Å². The fraction of sp³-hybridized carbons (Fsp3) is 0.647. The summed E-state index contributed by atoms with van der Waals surface area (Å²) in [7, 11) is 2.03. The SMILES string of the molecule is CC(C)CNCc1c(F)cccc1N(C)CC(C)(C)C. The summed E-state index contributed by atoms with van der Waals surface area (Å²) >= 11 is 0. The third kappa shape index (κ3) is 5.49. The molecule has 20 heavy (non-hydrogen) atoms. The Bertz CT molecular complexity index is 421. The lowest BCUT2D eigenvalue weighted by Gasteiger charge is -2.30. The normalized spacial score (nSPS) is 12.0. The number of halogens is 1. The molecule has 3 heteroatoms. The van der Waals surface area contributed by atoms with Gasteiger partial charge in [-0.25, -0.2) is 4.39 Å². The number of anilines is 1. The summed E-state index contributed by atoms with van der Waals surface area (Å²) in [4.78, 5) is 2.15. The van der Waals surface area contributed by atoms with Crippen molar-refractivity contribution in [2.24, 2.45) is 11.3 Å². The van der Waals surface area contributed by atoms with Gasteiger partial charge >= 0.3 is 0 Å². The lowest BCUT2D eigenvalue weighted by Crippen LogP contribution is -2.31. The molecule has 1 rings (SSSR count). The predicted molar refractivity (Wildman–Crippen MR) is 85.7 cm³/mol. The Labute approximate surface area is 123 Å². The van der Waals surface area contributed by atoms with Gasteiger partial charge in [-0.2, -0.15) is 0 Å². The molecule has 0 aliphatic carbocycles. The van der Waals surface area contributed by atoms with E-state index in [0.717, 1.165) is 24.3 Å². The highest BCUT2D eigenvalue weighted by Gasteiger charge is 2.17. The van der Waals surface area contributed by atoms with Crippen molar-refractivity contribution >= 4 is 5.69 Å². The third-order valence-corrected chi connectivity index (χ3v) is 3.07. The first kappa shape index (κ1) is 17.0. The van der Waals surface area contributed by atoms with Crippen LogP contribution in [0, 0.1) is 17.2 Å². The van der Waals surface area contributed by atoms with Crippen molar-refractivity contribution in [1.29, 1.82) is 0 Å². The molecule has 0 spiro atoms. The quantitative estimate of drug-likeness (QED) is 0.845. The number of hydrogen-bond acceptors (Lipinski definition) is 2. The molecule has 0 unspecified atom stereocenters. The highest BCUT2D eigenvalue weighted by molar-refractivity contribution is 5.53. The molecule has 2 nitrogen and oxygen atoms in total. The van der Waals surface area contributed by atoms with E-state index in [2.05, 4.69) is 44.8 Å². The Morgan fingerprint density at radius 1 is 1.25 bits per heavy atom. The number of nitrogens with one attached hydrogen (secondary N) is 1. The predicted octanol–water partition coefficient (Wildman–Crippen LogP) is 4.05. The summed E-state index contributed by atoms with van der Waals surface area (Å²) in [6.45, 7) is 13.3. The highest BCUT2D eigenvalue weighted by Crippen LogP contribution is 2.25. The average molecular weight is 280 g/mol. The number of hydrogen-bond donors (Lipinski definition) is 1. The summed E-state index contributed by atoms with van der Waals surface area (Å²) in [5.41, 5.74) is 1.93. The summed E-state index contributed by atoms with van der Waals surface area (Å²) in [6.07, 6.45) is 0. The second-order valence-corrected chi connectivity index (χ2v) is 7.18. The van der Waals surface area contributed by atoms with Gasteiger partial charge in [0, 0.05) is 31.4 Å². The van der Waals surface area contributed by atoms with Gasteiger partial charge in [-0.3, -0.25) is 0 Å². The van der Waals surface area contributed by atoms with Crippen molar-refractivity contribution in [2.45, 2.75) is 41.2 Å². The molecule has 0 amide bonds. The van der Waals surface area contributed by atoms with Crippen LogP contribution >= 0.6 is 0 Å². The Hall–Kier alpha value is -1.09. The van der Waals surface area contributed by atoms with Crippen LogP contribution in [-0.4, -0.2) is 20.1 Å². The summed E-state index contributed by atoms with van der Waals surface area (Å²) in [5.74, 6) is 0.442. The van der Waals surface area contributed by atoms with Gasteiger partial charge in [0.25, 0.3) is 0 Å². The minimum absolute atomic E-state index is 0.125. The van der Waals surface area contributed by atoms with Crippen molar-refractivity contribution in [3.05, 3.63) is 29.6 Å².